The molecule has 2 heterocycles. The van der Waals surface area contributed by atoms with Gasteiger partial charge in [-0.1, -0.05) is 19.9 Å². The van der Waals surface area contributed by atoms with Crippen molar-refractivity contribution in [2.45, 2.75) is 19.3 Å². The van der Waals surface area contributed by atoms with Gasteiger partial charge in [0.2, 0.25) is 0 Å². The lowest BCUT2D eigenvalue weighted by Gasteiger charge is -2.36. The molecule has 2 aromatic carbocycles. The zero-order valence-corrected chi connectivity index (χ0v) is 16.6. The van der Waals surface area contributed by atoms with E-state index in [1.54, 1.807) is 0 Å². The maximum Gasteiger partial charge on any atom is 0.195 e. The Balaban J connectivity index is 1.73. The third-order valence-corrected chi connectivity index (χ3v) is 6.34. The summed E-state index contributed by atoms with van der Waals surface area (Å²) in [6.45, 7) is 7.67. The molecule has 0 unspecified atom stereocenters. The van der Waals surface area contributed by atoms with Crippen molar-refractivity contribution in [3.05, 3.63) is 58.8 Å². The average Bonchev–Trinajstić information content (AvgIpc) is 3.00. The highest BCUT2D eigenvalue weighted by atomic mass is 16.5. The number of nitrogens with two attached hydrogens (primary N) is 1. The molecule has 1 aliphatic heterocycles. The van der Waals surface area contributed by atoms with Crippen molar-refractivity contribution in [2.75, 3.05) is 36.9 Å². The summed E-state index contributed by atoms with van der Waals surface area (Å²) in [5, 5.41) is 0.979. The Morgan fingerprint density at radius 2 is 1.82 bits per heavy atom. The number of nitrogen functional groups attached to an aromatic ring is 1. The summed E-state index contributed by atoms with van der Waals surface area (Å²) < 4.78 is 7.63. The van der Waals surface area contributed by atoms with E-state index in [1.807, 2.05) is 31.3 Å². The van der Waals surface area contributed by atoms with E-state index in [-0.39, 0.29) is 11.2 Å². The van der Waals surface area contributed by atoms with Gasteiger partial charge in [0.25, 0.3) is 0 Å². The fraction of sp³-hybridized carbons (Fsp3) is 0.348. The first-order valence-corrected chi connectivity index (χ1v) is 9.80. The van der Waals surface area contributed by atoms with Crippen molar-refractivity contribution in [1.82, 2.24) is 4.57 Å². The molecule has 2 aliphatic rings. The number of aromatic nitrogens is 1. The molecule has 0 amide bonds. The van der Waals surface area contributed by atoms with Crippen LogP contribution in [0.4, 0.5) is 11.4 Å². The van der Waals surface area contributed by atoms with E-state index in [0.29, 0.717) is 5.69 Å². The minimum atomic E-state index is -0.288. The van der Waals surface area contributed by atoms with Gasteiger partial charge in [0.05, 0.1) is 24.3 Å². The van der Waals surface area contributed by atoms with Crippen LogP contribution in [0.3, 0.4) is 0 Å². The maximum absolute atomic E-state index is 13.5. The van der Waals surface area contributed by atoms with Gasteiger partial charge in [-0.05, 0) is 35.9 Å². The molecule has 5 heteroatoms. The molecule has 1 saturated heterocycles. The standard InChI is InChI=1S/C23H25N3O2/c1-23(2)18-13-15(26-8-10-28-11-9-26)5-7-16(18)21(27)20-17-6-4-14(24)12-19(17)25(3)22(20)23/h4-7,12-13H,8-11,24H2,1-3H3. The Bertz CT molecular complexity index is 1120. The van der Waals surface area contributed by atoms with Crippen LogP contribution in [-0.4, -0.2) is 36.7 Å². The highest BCUT2D eigenvalue weighted by molar-refractivity contribution is 6.20. The number of nitrogens with zero attached hydrogens (tertiary/aromatic N) is 2. The van der Waals surface area contributed by atoms with Gasteiger partial charge in [-0.25, -0.2) is 0 Å². The summed E-state index contributed by atoms with van der Waals surface area (Å²) >= 11 is 0. The number of aryl methyl sites for hydroxylation is 1. The molecule has 0 bridgehead atoms. The highest BCUT2D eigenvalue weighted by Gasteiger charge is 2.41. The molecule has 0 radical (unpaired) electrons. The Labute approximate surface area is 164 Å². The van der Waals surface area contributed by atoms with Crippen molar-refractivity contribution in [2.24, 2.45) is 7.05 Å². The fourth-order valence-corrected chi connectivity index (χ4v) is 4.94. The van der Waals surface area contributed by atoms with Crippen LogP contribution in [0, 0.1) is 0 Å². The lowest BCUT2D eigenvalue weighted by atomic mass is 9.71. The molecule has 1 fully saturated rings. The first-order chi connectivity index (χ1) is 13.4. The van der Waals surface area contributed by atoms with Gasteiger partial charge in [0, 0.05) is 53.6 Å². The summed E-state index contributed by atoms with van der Waals surface area (Å²) in [5.74, 6) is 0.105. The molecule has 0 spiro atoms. The topological polar surface area (TPSA) is 60.5 Å². The predicted molar refractivity (Wildman–Crippen MR) is 112 cm³/mol. The smallest absolute Gasteiger partial charge is 0.195 e. The number of ketones is 1. The van der Waals surface area contributed by atoms with Crippen molar-refractivity contribution < 1.29 is 9.53 Å². The average molecular weight is 375 g/mol. The molecule has 1 aromatic heterocycles. The number of rotatable bonds is 1. The first-order valence-electron chi connectivity index (χ1n) is 9.80. The van der Waals surface area contributed by atoms with Crippen molar-refractivity contribution in [3.8, 4) is 0 Å². The normalized spacial score (nSPS) is 18.2. The van der Waals surface area contributed by atoms with Crippen LogP contribution in [0.25, 0.3) is 10.9 Å². The van der Waals surface area contributed by atoms with Crippen LogP contribution in [-0.2, 0) is 17.2 Å². The highest BCUT2D eigenvalue weighted by Crippen LogP contribution is 2.46. The molecule has 3 aromatic rings. The molecule has 28 heavy (non-hydrogen) atoms. The second kappa shape index (κ2) is 5.85. The summed E-state index contributed by atoms with van der Waals surface area (Å²) in [6.07, 6.45) is 0. The number of carbonyl (C=O) groups excluding carboxylic acids is 1. The number of fused-ring (bicyclic) bond motifs is 4. The fourth-order valence-electron chi connectivity index (χ4n) is 4.94. The van der Waals surface area contributed by atoms with E-state index in [4.69, 9.17) is 10.5 Å². The van der Waals surface area contributed by atoms with Gasteiger partial charge >= 0.3 is 0 Å². The van der Waals surface area contributed by atoms with Gasteiger partial charge in [-0.15, -0.1) is 0 Å². The summed E-state index contributed by atoms with van der Waals surface area (Å²) in [5.41, 5.74) is 12.4. The minimum absolute atomic E-state index is 0.105. The number of morpholine rings is 1. The first kappa shape index (κ1) is 17.3. The molecule has 0 atom stereocenters. The van der Waals surface area contributed by atoms with Crippen LogP contribution in [0.1, 0.15) is 41.0 Å². The van der Waals surface area contributed by atoms with Crippen molar-refractivity contribution in [1.29, 1.82) is 0 Å². The zero-order valence-electron chi connectivity index (χ0n) is 16.6. The van der Waals surface area contributed by atoms with Crippen molar-refractivity contribution >= 4 is 28.1 Å². The Hall–Kier alpha value is -2.79. The van der Waals surface area contributed by atoms with E-state index >= 15 is 0 Å². The van der Waals surface area contributed by atoms with Crippen LogP contribution in [0.2, 0.25) is 0 Å². The molecule has 5 nitrogen and oxygen atoms in total. The molecular weight excluding hydrogens is 350 g/mol. The SMILES string of the molecule is Cn1c2c(c3ccc(N)cc31)C(=O)c1ccc(N3CCOCC3)cc1C2(C)C. The number of hydrogen-bond acceptors (Lipinski definition) is 4. The van der Waals surface area contributed by atoms with Gasteiger partial charge in [0.15, 0.2) is 5.78 Å². The molecule has 0 saturated carbocycles. The summed E-state index contributed by atoms with van der Waals surface area (Å²) in [4.78, 5) is 15.9. The lowest BCUT2D eigenvalue weighted by molar-refractivity contribution is 0.103. The van der Waals surface area contributed by atoms with E-state index in [0.717, 1.165) is 65.3 Å². The van der Waals surface area contributed by atoms with E-state index in [9.17, 15) is 4.79 Å². The van der Waals surface area contributed by atoms with Crippen LogP contribution in [0.5, 0.6) is 0 Å². The second-order valence-corrected chi connectivity index (χ2v) is 8.34. The van der Waals surface area contributed by atoms with Gasteiger partial charge in [0.1, 0.15) is 0 Å². The summed E-state index contributed by atoms with van der Waals surface area (Å²) in [7, 11) is 2.03. The zero-order chi connectivity index (χ0) is 19.6. The quantitative estimate of drug-likeness (QED) is 0.662. The lowest BCUT2D eigenvalue weighted by Crippen LogP contribution is -2.37. The molecular formula is C23H25N3O2. The minimum Gasteiger partial charge on any atom is -0.399 e. The van der Waals surface area contributed by atoms with E-state index < -0.39 is 0 Å². The monoisotopic (exact) mass is 375 g/mol. The number of carbonyl (C=O) groups is 1. The van der Waals surface area contributed by atoms with Gasteiger partial charge < -0.3 is 19.9 Å². The van der Waals surface area contributed by atoms with E-state index in [2.05, 4.69) is 35.4 Å². The van der Waals surface area contributed by atoms with Gasteiger partial charge in [-0.2, -0.15) is 0 Å². The molecule has 144 valence electrons. The molecule has 1 aliphatic carbocycles. The van der Waals surface area contributed by atoms with Crippen LogP contribution < -0.4 is 10.6 Å². The number of benzene rings is 2. The van der Waals surface area contributed by atoms with Crippen LogP contribution in [0.15, 0.2) is 36.4 Å². The third-order valence-electron chi connectivity index (χ3n) is 6.34. The Kier molecular flexibility index (Phi) is 3.62. The maximum atomic E-state index is 13.5. The number of ether oxygens (including phenoxy) is 1. The third kappa shape index (κ3) is 2.26. The second-order valence-electron chi connectivity index (χ2n) is 8.34. The van der Waals surface area contributed by atoms with Gasteiger partial charge in [-0.3, -0.25) is 4.79 Å². The largest absolute Gasteiger partial charge is 0.399 e. The van der Waals surface area contributed by atoms with E-state index in [1.165, 1.54) is 0 Å². The van der Waals surface area contributed by atoms with Crippen molar-refractivity contribution in [3.63, 3.8) is 0 Å². The Morgan fingerprint density at radius 1 is 1.07 bits per heavy atom. The Morgan fingerprint density at radius 3 is 2.57 bits per heavy atom. The summed E-state index contributed by atoms with van der Waals surface area (Å²) in [6, 6.07) is 12.1. The number of anilines is 2. The molecule has 5 rings (SSSR count). The molecule has 2 N–H and O–H groups in total. The number of hydrogen-bond donors (Lipinski definition) is 1. The predicted octanol–water partition coefficient (Wildman–Crippen LogP) is 3.47. The van der Waals surface area contributed by atoms with Crippen LogP contribution >= 0.6 is 0 Å².